The summed E-state index contributed by atoms with van der Waals surface area (Å²) in [6.07, 6.45) is 1.25. The SMILES string of the molecule is Cc1cc(OCCCC(C)(C)C(=O)O)c(C)cc1O. The Kier molecular flexibility index (Phi) is 4.81. The summed E-state index contributed by atoms with van der Waals surface area (Å²) in [6, 6.07) is 3.47. The Bertz CT molecular complexity index is 463. The standard InChI is InChI=1S/C15H22O4/c1-10-9-13(11(2)8-12(10)16)19-7-5-6-15(3,4)14(17)18/h8-9,16H,5-7H2,1-4H3,(H,17,18). The molecule has 0 radical (unpaired) electrons. The van der Waals surface area contributed by atoms with Gasteiger partial charge >= 0.3 is 5.97 Å². The Labute approximate surface area is 114 Å². The number of carboxylic acid groups (broad SMARTS) is 1. The molecular formula is C15H22O4. The highest BCUT2D eigenvalue weighted by molar-refractivity contribution is 5.73. The van der Waals surface area contributed by atoms with Gasteiger partial charge in [-0.2, -0.15) is 0 Å². The molecule has 1 aromatic rings. The lowest BCUT2D eigenvalue weighted by Gasteiger charge is -2.19. The van der Waals surface area contributed by atoms with Crippen LogP contribution < -0.4 is 4.74 Å². The lowest BCUT2D eigenvalue weighted by Crippen LogP contribution is -2.24. The van der Waals surface area contributed by atoms with E-state index in [1.54, 1.807) is 26.0 Å². The molecule has 1 rings (SSSR count). The van der Waals surface area contributed by atoms with Gasteiger partial charge in [-0.15, -0.1) is 0 Å². The van der Waals surface area contributed by atoms with Gasteiger partial charge in [-0.3, -0.25) is 4.79 Å². The molecule has 19 heavy (non-hydrogen) atoms. The first-order chi connectivity index (χ1) is 8.74. The van der Waals surface area contributed by atoms with Crippen molar-refractivity contribution in [1.29, 1.82) is 0 Å². The Morgan fingerprint density at radius 2 is 1.89 bits per heavy atom. The van der Waals surface area contributed by atoms with Crippen LogP contribution in [0.15, 0.2) is 12.1 Å². The minimum absolute atomic E-state index is 0.261. The van der Waals surface area contributed by atoms with E-state index in [9.17, 15) is 9.90 Å². The quantitative estimate of drug-likeness (QED) is 0.775. The first-order valence-electron chi connectivity index (χ1n) is 6.40. The van der Waals surface area contributed by atoms with Gasteiger partial charge in [-0.05, 0) is 63.8 Å². The minimum atomic E-state index is -0.788. The molecule has 0 saturated carbocycles. The number of hydrogen-bond acceptors (Lipinski definition) is 3. The van der Waals surface area contributed by atoms with Crippen LogP contribution in [0, 0.1) is 19.3 Å². The van der Waals surface area contributed by atoms with Crippen molar-refractivity contribution in [1.82, 2.24) is 0 Å². The molecule has 0 aliphatic heterocycles. The summed E-state index contributed by atoms with van der Waals surface area (Å²) in [5.41, 5.74) is 0.926. The molecule has 0 aromatic heterocycles. The van der Waals surface area contributed by atoms with E-state index in [0.29, 0.717) is 19.4 Å². The average Bonchev–Trinajstić information content (AvgIpc) is 2.30. The third-order valence-corrected chi connectivity index (χ3v) is 3.28. The Balaban J connectivity index is 2.51. The number of aromatic hydroxyl groups is 1. The fourth-order valence-electron chi connectivity index (χ4n) is 1.73. The third kappa shape index (κ3) is 4.16. The Morgan fingerprint density at radius 3 is 2.47 bits per heavy atom. The molecular weight excluding hydrogens is 244 g/mol. The van der Waals surface area contributed by atoms with Crippen LogP contribution in [0.2, 0.25) is 0 Å². The minimum Gasteiger partial charge on any atom is -0.508 e. The lowest BCUT2D eigenvalue weighted by molar-refractivity contribution is -0.147. The fourth-order valence-corrected chi connectivity index (χ4v) is 1.73. The smallest absolute Gasteiger partial charge is 0.309 e. The summed E-state index contributed by atoms with van der Waals surface area (Å²) in [6.45, 7) is 7.59. The zero-order valence-electron chi connectivity index (χ0n) is 12.0. The highest BCUT2D eigenvalue weighted by atomic mass is 16.5. The average molecular weight is 266 g/mol. The second kappa shape index (κ2) is 5.95. The van der Waals surface area contributed by atoms with E-state index in [4.69, 9.17) is 9.84 Å². The predicted molar refractivity (Wildman–Crippen MR) is 73.7 cm³/mol. The number of benzene rings is 1. The van der Waals surface area contributed by atoms with Crippen LogP contribution in [0.1, 0.15) is 37.8 Å². The van der Waals surface area contributed by atoms with E-state index in [0.717, 1.165) is 16.9 Å². The summed E-state index contributed by atoms with van der Waals surface area (Å²) >= 11 is 0. The molecule has 0 atom stereocenters. The van der Waals surface area contributed by atoms with E-state index < -0.39 is 11.4 Å². The third-order valence-electron chi connectivity index (χ3n) is 3.28. The van der Waals surface area contributed by atoms with Crippen LogP contribution in [0.5, 0.6) is 11.5 Å². The predicted octanol–water partition coefficient (Wildman–Crippen LogP) is 3.28. The van der Waals surface area contributed by atoms with Gasteiger partial charge < -0.3 is 14.9 Å². The molecule has 0 bridgehead atoms. The summed E-state index contributed by atoms with van der Waals surface area (Å²) in [7, 11) is 0. The normalized spacial score (nSPS) is 11.4. The first-order valence-corrected chi connectivity index (χ1v) is 6.40. The maximum atomic E-state index is 11.0. The number of carboxylic acids is 1. The van der Waals surface area contributed by atoms with Crippen molar-refractivity contribution in [2.75, 3.05) is 6.61 Å². The molecule has 1 aromatic carbocycles. The van der Waals surface area contributed by atoms with Crippen molar-refractivity contribution >= 4 is 5.97 Å². The van der Waals surface area contributed by atoms with Crippen molar-refractivity contribution in [2.24, 2.45) is 5.41 Å². The lowest BCUT2D eigenvalue weighted by atomic mass is 9.88. The number of phenols is 1. The number of hydrogen-bond donors (Lipinski definition) is 2. The highest BCUT2D eigenvalue weighted by Crippen LogP contribution is 2.27. The maximum Gasteiger partial charge on any atom is 0.309 e. The van der Waals surface area contributed by atoms with Crippen LogP contribution in [0.4, 0.5) is 0 Å². The monoisotopic (exact) mass is 266 g/mol. The van der Waals surface area contributed by atoms with Crippen molar-refractivity contribution in [3.63, 3.8) is 0 Å². The van der Waals surface area contributed by atoms with E-state index >= 15 is 0 Å². The van der Waals surface area contributed by atoms with Crippen molar-refractivity contribution in [3.8, 4) is 11.5 Å². The number of aliphatic carboxylic acids is 1. The molecule has 0 heterocycles. The van der Waals surface area contributed by atoms with Gasteiger partial charge in [0.2, 0.25) is 0 Å². The van der Waals surface area contributed by atoms with Gasteiger partial charge in [0.05, 0.1) is 12.0 Å². The zero-order chi connectivity index (χ0) is 14.6. The van der Waals surface area contributed by atoms with E-state index in [1.165, 1.54) is 0 Å². The molecule has 0 spiro atoms. The van der Waals surface area contributed by atoms with Crippen LogP contribution in [0.25, 0.3) is 0 Å². The molecule has 0 saturated heterocycles. The molecule has 106 valence electrons. The molecule has 0 fully saturated rings. The van der Waals surface area contributed by atoms with Crippen LogP contribution in [-0.2, 0) is 4.79 Å². The van der Waals surface area contributed by atoms with E-state index in [1.807, 2.05) is 13.8 Å². The maximum absolute atomic E-state index is 11.0. The molecule has 0 aliphatic rings. The van der Waals surface area contributed by atoms with Crippen LogP contribution >= 0.6 is 0 Å². The number of carbonyl (C=O) groups is 1. The number of aryl methyl sites for hydroxylation is 2. The molecule has 0 amide bonds. The summed E-state index contributed by atoms with van der Waals surface area (Å²) in [5, 5.41) is 18.5. The van der Waals surface area contributed by atoms with Gasteiger partial charge in [-0.25, -0.2) is 0 Å². The van der Waals surface area contributed by atoms with Crippen LogP contribution in [0.3, 0.4) is 0 Å². The number of phenolic OH excluding ortho intramolecular Hbond substituents is 1. The van der Waals surface area contributed by atoms with Crippen molar-refractivity contribution in [2.45, 2.75) is 40.5 Å². The van der Waals surface area contributed by atoms with E-state index in [-0.39, 0.29) is 5.75 Å². The van der Waals surface area contributed by atoms with Gasteiger partial charge in [0, 0.05) is 0 Å². The molecule has 2 N–H and O–H groups in total. The van der Waals surface area contributed by atoms with Gasteiger partial charge in [0.25, 0.3) is 0 Å². The number of ether oxygens (including phenoxy) is 1. The Morgan fingerprint density at radius 1 is 1.26 bits per heavy atom. The molecule has 0 aliphatic carbocycles. The summed E-state index contributed by atoms with van der Waals surface area (Å²) < 4.78 is 5.64. The fraction of sp³-hybridized carbons (Fsp3) is 0.533. The van der Waals surface area contributed by atoms with E-state index in [2.05, 4.69) is 0 Å². The summed E-state index contributed by atoms with van der Waals surface area (Å²) in [4.78, 5) is 11.0. The van der Waals surface area contributed by atoms with Gasteiger partial charge in [0.1, 0.15) is 11.5 Å². The van der Waals surface area contributed by atoms with Gasteiger partial charge in [0.15, 0.2) is 0 Å². The zero-order valence-corrected chi connectivity index (χ0v) is 12.0. The summed E-state index contributed by atoms with van der Waals surface area (Å²) in [5.74, 6) is 0.212. The second-order valence-corrected chi connectivity index (χ2v) is 5.55. The molecule has 0 unspecified atom stereocenters. The first kappa shape index (κ1) is 15.3. The van der Waals surface area contributed by atoms with Gasteiger partial charge in [-0.1, -0.05) is 0 Å². The number of rotatable bonds is 6. The van der Waals surface area contributed by atoms with Crippen molar-refractivity contribution in [3.05, 3.63) is 23.3 Å². The largest absolute Gasteiger partial charge is 0.508 e. The topological polar surface area (TPSA) is 66.8 Å². The Hall–Kier alpha value is -1.71. The molecule has 4 nitrogen and oxygen atoms in total. The second-order valence-electron chi connectivity index (χ2n) is 5.55. The van der Waals surface area contributed by atoms with Crippen LogP contribution in [-0.4, -0.2) is 22.8 Å². The molecule has 4 heteroatoms. The highest BCUT2D eigenvalue weighted by Gasteiger charge is 2.26. The van der Waals surface area contributed by atoms with Crippen molar-refractivity contribution < 1.29 is 19.7 Å².